The topological polar surface area (TPSA) is 26.0 Å². The minimum Gasteiger partial charge on any atom is -0.431 e. The summed E-state index contributed by atoms with van der Waals surface area (Å²) in [6.07, 6.45) is 1.89. The molecule has 0 aliphatic carbocycles. The van der Waals surface area contributed by atoms with Gasteiger partial charge in [0.15, 0.2) is 5.58 Å². The molecule has 1 heterocycles. The summed E-state index contributed by atoms with van der Waals surface area (Å²) in [7, 11) is 0. The van der Waals surface area contributed by atoms with Gasteiger partial charge in [-0.15, -0.1) is 0 Å². The van der Waals surface area contributed by atoms with E-state index in [4.69, 9.17) is 4.42 Å². The van der Waals surface area contributed by atoms with Crippen LogP contribution in [0.2, 0.25) is 0 Å². The zero-order valence-corrected chi connectivity index (χ0v) is 7.90. The van der Waals surface area contributed by atoms with Crippen LogP contribution in [0.5, 0.6) is 0 Å². The summed E-state index contributed by atoms with van der Waals surface area (Å²) < 4.78 is 17.6. The van der Waals surface area contributed by atoms with Crippen molar-refractivity contribution in [2.24, 2.45) is 0 Å². The molecule has 0 radical (unpaired) electrons. The number of halogens is 1. The fourth-order valence-corrected chi connectivity index (χ4v) is 1.48. The fourth-order valence-electron chi connectivity index (χ4n) is 1.12. The van der Waals surface area contributed by atoms with E-state index in [1.54, 1.807) is 18.2 Å². The molecule has 0 N–H and O–H groups in total. The molecule has 1 aromatic heterocycles. The van der Waals surface area contributed by atoms with Gasteiger partial charge in [-0.05, 0) is 24.0 Å². The molecule has 68 valence electrons. The van der Waals surface area contributed by atoms with Crippen molar-refractivity contribution in [2.75, 3.05) is 6.26 Å². The van der Waals surface area contributed by atoms with Gasteiger partial charge < -0.3 is 4.42 Å². The minimum atomic E-state index is -0.467. The molecule has 0 spiro atoms. The third kappa shape index (κ3) is 1.54. The van der Waals surface area contributed by atoms with Gasteiger partial charge in [-0.1, -0.05) is 17.8 Å². The Balaban J connectivity index is 2.57. The first-order chi connectivity index (χ1) is 6.33. The van der Waals surface area contributed by atoms with E-state index in [0.717, 1.165) is 5.52 Å². The summed E-state index contributed by atoms with van der Waals surface area (Å²) in [5.41, 5.74) is 2.05. The van der Waals surface area contributed by atoms with Crippen LogP contribution in [-0.2, 0) is 6.67 Å². The summed E-state index contributed by atoms with van der Waals surface area (Å²) in [5.74, 6) is 0. The van der Waals surface area contributed by atoms with Crippen molar-refractivity contribution in [1.82, 2.24) is 4.98 Å². The summed E-state index contributed by atoms with van der Waals surface area (Å²) in [4.78, 5) is 4.18. The van der Waals surface area contributed by atoms with Crippen LogP contribution < -0.4 is 0 Å². The van der Waals surface area contributed by atoms with Crippen molar-refractivity contribution in [1.29, 1.82) is 0 Å². The maximum Gasteiger partial charge on any atom is 0.256 e. The smallest absolute Gasteiger partial charge is 0.256 e. The van der Waals surface area contributed by atoms with Gasteiger partial charge in [0.1, 0.15) is 12.2 Å². The summed E-state index contributed by atoms with van der Waals surface area (Å²) in [5, 5.41) is 0.617. The van der Waals surface area contributed by atoms with Crippen molar-refractivity contribution >= 4 is 22.9 Å². The summed E-state index contributed by atoms with van der Waals surface area (Å²) in [6, 6.07) is 5.17. The van der Waals surface area contributed by atoms with Crippen LogP contribution >= 0.6 is 11.8 Å². The normalized spacial score (nSPS) is 10.9. The highest BCUT2D eigenvalue weighted by molar-refractivity contribution is 7.98. The third-order valence-electron chi connectivity index (χ3n) is 1.76. The van der Waals surface area contributed by atoms with Crippen LogP contribution in [0.15, 0.2) is 27.8 Å². The molecule has 0 aliphatic heterocycles. The van der Waals surface area contributed by atoms with Gasteiger partial charge in [-0.25, -0.2) is 9.37 Å². The van der Waals surface area contributed by atoms with Crippen molar-refractivity contribution in [2.45, 2.75) is 11.9 Å². The third-order valence-corrected chi connectivity index (χ3v) is 2.29. The van der Waals surface area contributed by atoms with Gasteiger partial charge in [0.2, 0.25) is 0 Å². The lowest BCUT2D eigenvalue weighted by atomic mass is 10.2. The molecule has 0 saturated carbocycles. The van der Waals surface area contributed by atoms with Gasteiger partial charge in [0.25, 0.3) is 5.22 Å². The van der Waals surface area contributed by atoms with Crippen molar-refractivity contribution in [3.05, 3.63) is 23.8 Å². The number of fused-ring (bicyclic) bond motifs is 1. The van der Waals surface area contributed by atoms with Crippen LogP contribution in [0.25, 0.3) is 11.1 Å². The number of hydrogen-bond donors (Lipinski definition) is 0. The molecule has 0 atom stereocenters. The Morgan fingerprint density at radius 1 is 1.54 bits per heavy atom. The summed E-state index contributed by atoms with van der Waals surface area (Å²) in [6.45, 7) is -0.467. The highest BCUT2D eigenvalue weighted by atomic mass is 32.2. The SMILES string of the molecule is CSc1nc2ccc(CF)cc2o1. The standard InChI is InChI=1S/C9H8FNOS/c1-13-9-11-7-3-2-6(5-10)4-8(7)12-9/h2-4H,5H2,1H3. The van der Waals surface area contributed by atoms with Crippen molar-refractivity contribution in [3.8, 4) is 0 Å². The van der Waals surface area contributed by atoms with Crippen molar-refractivity contribution in [3.63, 3.8) is 0 Å². The number of hydrogen-bond acceptors (Lipinski definition) is 3. The number of aromatic nitrogens is 1. The number of alkyl halides is 1. The van der Waals surface area contributed by atoms with Gasteiger partial charge >= 0.3 is 0 Å². The number of oxazole rings is 1. The van der Waals surface area contributed by atoms with E-state index in [0.29, 0.717) is 16.4 Å². The molecule has 0 aliphatic rings. The molecule has 2 nitrogen and oxygen atoms in total. The molecule has 2 aromatic rings. The Morgan fingerprint density at radius 2 is 2.38 bits per heavy atom. The number of nitrogens with zero attached hydrogens (tertiary/aromatic N) is 1. The second kappa shape index (κ2) is 3.38. The molecule has 1 aromatic carbocycles. The van der Waals surface area contributed by atoms with Crippen LogP contribution in [0.4, 0.5) is 4.39 Å². The van der Waals surface area contributed by atoms with Crippen LogP contribution in [0.3, 0.4) is 0 Å². The zero-order chi connectivity index (χ0) is 9.26. The Hall–Kier alpha value is -1.03. The molecule has 4 heteroatoms. The number of thioether (sulfide) groups is 1. The van der Waals surface area contributed by atoms with Crippen LogP contribution in [0.1, 0.15) is 5.56 Å². The second-order valence-electron chi connectivity index (χ2n) is 2.62. The largest absolute Gasteiger partial charge is 0.431 e. The lowest BCUT2D eigenvalue weighted by molar-refractivity contribution is 0.478. The lowest BCUT2D eigenvalue weighted by Gasteiger charge is -1.90. The van der Waals surface area contributed by atoms with E-state index in [-0.39, 0.29) is 0 Å². The molecule has 0 amide bonds. The monoisotopic (exact) mass is 197 g/mol. The Morgan fingerprint density at radius 3 is 3.08 bits per heavy atom. The predicted octanol–water partition coefficient (Wildman–Crippen LogP) is 3.02. The first kappa shape index (κ1) is 8.56. The first-order valence-electron chi connectivity index (χ1n) is 3.83. The maximum atomic E-state index is 12.3. The first-order valence-corrected chi connectivity index (χ1v) is 5.05. The Labute approximate surface area is 79.1 Å². The molecule has 0 bridgehead atoms. The van der Waals surface area contributed by atoms with E-state index in [1.807, 2.05) is 6.26 Å². The molecule has 0 fully saturated rings. The number of rotatable bonds is 2. The number of benzene rings is 1. The average Bonchev–Trinajstić information content (AvgIpc) is 2.58. The van der Waals surface area contributed by atoms with E-state index in [9.17, 15) is 4.39 Å². The fraction of sp³-hybridized carbons (Fsp3) is 0.222. The van der Waals surface area contributed by atoms with Crippen LogP contribution in [0, 0.1) is 0 Å². The Kier molecular flexibility index (Phi) is 2.22. The van der Waals surface area contributed by atoms with Crippen molar-refractivity contribution < 1.29 is 8.81 Å². The van der Waals surface area contributed by atoms with Gasteiger partial charge in [-0.3, -0.25) is 0 Å². The van der Waals surface area contributed by atoms with E-state index in [2.05, 4.69) is 4.98 Å². The molecule has 0 unspecified atom stereocenters. The van der Waals surface area contributed by atoms with Crippen LogP contribution in [-0.4, -0.2) is 11.2 Å². The predicted molar refractivity (Wildman–Crippen MR) is 50.6 cm³/mol. The quantitative estimate of drug-likeness (QED) is 0.692. The van der Waals surface area contributed by atoms with Gasteiger partial charge in [-0.2, -0.15) is 0 Å². The van der Waals surface area contributed by atoms with Gasteiger partial charge in [0, 0.05) is 0 Å². The Bertz CT molecular complexity index is 424. The van der Waals surface area contributed by atoms with E-state index < -0.39 is 6.67 Å². The maximum absolute atomic E-state index is 12.3. The minimum absolute atomic E-state index is 0.467. The van der Waals surface area contributed by atoms with E-state index in [1.165, 1.54) is 11.8 Å². The average molecular weight is 197 g/mol. The highest BCUT2D eigenvalue weighted by Gasteiger charge is 2.04. The molecular formula is C9H8FNOS. The lowest BCUT2D eigenvalue weighted by Crippen LogP contribution is -1.76. The zero-order valence-electron chi connectivity index (χ0n) is 7.08. The molecular weight excluding hydrogens is 189 g/mol. The molecule has 0 saturated heterocycles. The van der Waals surface area contributed by atoms with Gasteiger partial charge in [0.05, 0.1) is 0 Å². The highest BCUT2D eigenvalue weighted by Crippen LogP contribution is 2.22. The van der Waals surface area contributed by atoms with E-state index >= 15 is 0 Å². The second-order valence-corrected chi connectivity index (χ2v) is 3.38. The molecule has 13 heavy (non-hydrogen) atoms. The molecule has 2 rings (SSSR count). The summed E-state index contributed by atoms with van der Waals surface area (Å²) >= 11 is 1.44.